The fourth-order valence-electron chi connectivity index (χ4n) is 1.33. The van der Waals surface area contributed by atoms with E-state index < -0.39 is 23.5 Å². The molecule has 4 nitrogen and oxygen atoms in total. The molecule has 0 radical (unpaired) electrons. The number of hydrogen-bond donors (Lipinski definition) is 0. The van der Waals surface area contributed by atoms with Gasteiger partial charge in [0, 0.05) is 19.7 Å². The monoisotopic (exact) mass is 257 g/mol. The summed E-state index contributed by atoms with van der Waals surface area (Å²) in [6.45, 7) is 0.0995. The molecule has 1 aromatic carbocycles. The molecule has 0 atom stereocenters. The van der Waals surface area contributed by atoms with Crippen LogP contribution in [0.2, 0.25) is 0 Å². The fraction of sp³-hybridized carbons (Fsp3) is 0.333. The molecule has 0 heterocycles. The number of rotatable bonds is 4. The average molecular weight is 257 g/mol. The van der Waals surface area contributed by atoms with Crippen LogP contribution < -0.4 is 0 Å². The van der Waals surface area contributed by atoms with E-state index in [1.165, 1.54) is 19.1 Å². The Hall–Kier alpha value is -1.98. The number of carbonyl (C=O) groups is 2. The molecule has 0 N–H and O–H groups in total. The van der Waals surface area contributed by atoms with Gasteiger partial charge in [0.15, 0.2) is 0 Å². The maximum atomic E-state index is 13.3. The van der Waals surface area contributed by atoms with Gasteiger partial charge in [0.25, 0.3) is 5.91 Å². The van der Waals surface area contributed by atoms with Gasteiger partial charge in [-0.3, -0.25) is 9.59 Å². The third-order valence-electron chi connectivity index (χ3n) is 2.39. The summed E-state index contributed by atoms with van der Waals surface area (Å²) in [7, 11) is 2.66. The number of amides is 1. The molecule has 0 aliphatic rings. The highest BCUT2D eigenvalue weighted by atomic mass is 19.1. The lowest BCUT2D eigenvalue weighted by Crippen LogP contribution is -2.30. The fourth-order valence-corrected chi connectivity index (χ4v) is 1.33. The van der Waals surface area contributed by atoms with Gasteiger partial charge in [-0.2, -0.15) is 0 Å². The Labute approximate surface area is 103 Å². The molecule has 0 unspecified atom stereocenters. The van der Waals surface area contributed by atoms with Gasteiger partial charge < -0.3 is 9.64 Å². The second-order valence-corrected chi connectivity index (χ2v) is 3.68. The van der Waals surface area contributed by atoms with Gasteiger partial charge in [0.1, 0.15) is 11.6 Å². The van der Waals surface area contributed by atoms with E-state index >= 15 is 0 Å². The van der Waals surface area contributed by atoms with Gasteiger partial charge in [-0.15, -0.1) is 0 Å². The smallest absolute Gasteiger partial charge is 0.307 e. The molecule has 98 valence electrons. The van der Waals surface area contributed by atoms with E-state index in [2.05, 4.69) is 4.74 Å². The summed E-state index contributed by atoms with van der Waals surface area (Å²) >= 11 is 0. The molecular formula is C12H13F2NO3. The molecule has 0 bridgehead atoms. The highest BCUT2D eigenvalue weighted by molar-refractivity contribution is 5.94. The molecule has 0 aliphatic heterocycles. The van der Waals surface area contributed by atoms with Crippen LogP contribution >= 0.6 is 0 Å². The van der Waals surface area contributed by atoms with Crippen LogP contribution in [0, 0.1) is 11.6 Å². The minimum absolute atomic E-state index is 0.0154. The minimum Gasteiger partial charge on any atom is -0.469 e. The Morgan fingerprint density at radius 3 is 2.56 bits per heavy atom. The lowest BCUT2D eigenvalue weighted by Gasteiger charge is -2.16. The maximum Gasteiger partial charge on any atom is 0.307 e. The van der Waals surface area contributed by atoms with Crippen molar-refractivity contribution in [2.24, 2.45) is 0 Å². The summed E-state index contributed by atoms with van der Waals surface area (Å²) in [5.41, 5.74) is -0.233. The zero-order chi connectivity index (χ0) is 13.7. The van der Waals surface area contributed by atoms with Crippen LogP contribution in [0.3, 0.4) is 0 Å². The minimum atomic E-state index is -0.926. The van der Waals surface area contributed by atoms with Gasteiger partial charge in [-0.05, 0) is 12.1 Å². The van der Waals surface area contributed by atoms with Crippen molar-refractivity contribution in [3.05, 3.63) is 35.4 Å². The van der Waals surface area contributed by atoms with Crippen LogP contribution in [-0.2, 0) is 9.53 Å². The van der Waals surface area contributed by atoms with E-state index in [9.17, 15) is 18.4 Å². The number of halogens is 2. The van der Waals surface area contributed by atoms with Crippen molar-refractivity contribution in [1.82, 2.24) is 4.90 Å². The average Bonchev–Trinajstić information content (AvgIpc) is 2.34. The molecule has 1 amide bonds. The number of methoxy groups -OCH3 is 1. The van der Waals surface area contributed by atoms with E-state index in [1.807, 2.05) is 0 Å². The van der Waals surface area contributed by atoms with Gasteiger partial charge in [0.05, 0.1) is 19.1 Å². The lowest BCUT2D eigenvalue weighted by molar-refractivity contribution is -0.140. The number of ether oxygens (including phenoxy) is 1. The summed E-state index contributed by atoms with van der Waals surface area (Å²) < 4.78 is 30.5. The van der Waals surface area contributed by atoms with E-state index in [0.717, 1.165) is 12.1 Å². The highest BCUT2D eigenvalue weighted by Gasteiger charge is 2.17. The molecule has 1 aromatic rings. The molecule has 0 saturated heterocycles. The standard InChI is InChI=1S/C12H13F2NO3/c1-15(6-5-11(16)18-2)12(17)9-4-3-8(13)7-10(9)14/h3-4,7H,5-6H2,1-2H3. The number of benzene rings is 1. The van der Waals surface area contributed by atoms with Crippen molar-refractivity contribution in [1.29, 1.82) is 0 Å². The Kier molecular flexibility index (Phi) is 4.76. The normalized spacial score (nSPS) is 10.0. The van der Waals surface area contributed by atoms with Crippen molar-refractivity contribution in [3.63, 3.8) is 0 Å². The largest absolute Gasteiger partial charge is 0.469 e. The summed E-state index contributed by atoms with van der Waals surface area (Å²) in [6, 6.07) is 2.72. The van der Waals surface area contributed by atoms with Gasteiger partial charge in [-0.25, -0.2) is 8.78 Å². The van der Waals surface area contributed by atoms with Crippen LogP contribution in [0.1, 0.15) is 16.8 Å². The number of esters is 1. The SMILES string of the molecule is COC(=O)CCN(C)C(=O)c1ccc(F)cc1F. The molecule has 0 aliphatic carbocycles. The second kappa shape index (κ2) is 6.09. The zero-order valence-electron chi connectivity index (χ0n) is 10.1. The van der Waals surface area contributed by atoms with E-state index in [1.54, 1.807) is 0 Å². The second-order valence-electron chi connectivity index (χ2n) is 3.68. The number of carbonyl (C=O) groups excluding carboxylic acids is 2. The molecular weight excluding hydrogens is 244 g/mol. The van der Waals surface area contributed by atoms with Crippen molar-refractivity contribution in [2.75, 3.05) is 20.7 Å². The summed E-state index contributed by atoms with van der Waals surface area (Å²) in [5, 5.41) is 0. The predicted molar refractivity (Wildman–Crippen MR) is 60.0 cm³/mol. The van der Waals surface area contributed by atoms with Gasteiger partial charge in [-0.1, -0.05) is 0 Å². The summed E-state index contributed by atoms with van der Waals surface area (Å²) in [4.78, 5) is 23.9. The number of hydrogen-bond acceptors (Lipinski definition) is 3. The van der Waals surface area contributed by atoms with E-state index in [-0.39, 0.29) is 18.5 Å². The first kappa shape index (κ1) is 14.1. The van der Waals surface area contributed by atoms with Crippen LogP contribution in [0.15, 0.2) is 18.2 Å². The highest BCUT2D eigenvalue weighted by Crippen LogP contribution is 2.11. The van der Waals surface area contributed by atoms with Crippen molar-refractivity contribution in [3.8, 4) is 0 Å². The zero-order valence-corrected chi connectivity index (χ0v) is 10.1. The third kappa shape index (κ3) is 3.51. The van der Waals surface area contributed by atoms with Crippen molar-refractivity contribution in [2.45, 2.75) is 6.42 Å². The first-order valence-corrected chi connectivity index (χ1v) is 5.23. The van der Waals surface area contributed by atoms with Gasteiger partial charge in [0.2, 0.25) is 0 Å². The first-order valence-electron chi connectivity index (χ1n) is 5.23. The van der Waals surface area contributed by atoms with Gasteiger partial charge >= 0.3 is 5.97 Å². The summed E-state index contributed by atoms with van der Waals surface area (Å²) in [5.74, 6) is -2.75. The van der Waals surface area contributed by atoms with Crippen LogP contribution in [0.5, 0.6) is 0 Å². The van der Waals surface area contributed by atoms with Crippen LogP contribution in [-0.4, -0.2) is 37.5 Å². The number of nitrogens with zero attached hydrogens (tertiary/aromatic N) is 1. The maximum absolute atomic E-state index is 13.3. The Morgan fingerprint density at radius 2 is 2.00 bits per heavy atom. The van der Waals surface area contributed by atoms with E-state index in [4.69, 9.17) is 0 Å². The molecule has 0 aromatic heterocycles. The van der Waals surface area contributed by atoms with Crippen molar-refractivity contribution < 1.29 is 23.1 Å². The molecule has 1 rings (SSSR count). The molecule has 0 fully saturated rings. The van der Waals surface area contributed by atoms with Crippen LogP contribution in [0.25, 0.3) is 0 Å². The molecule has 0 spiro atoms. The summed E-state index contributed by atoms with van der Waals surface area (Å²) in [6.07, 6.45) is 0.0154. The molecule has 18 heavy (non-hydrogen) atoms. The lowest BCUT2D eigenvalue weighted by atomic mass is 10.2. The first-order chi connectivity index (χ1) is 8.45. The third-order valence-corrected chi connectivity index (χ3v) is 2.39. The Bertz CT molecular complexity index is 463. The van der Waals surface area contributed by atoms with Crippen LogP contribution in [0.4, 0.5) is 8.78 Å². The predicted octanol–water partition coefficient (Wildman–Crippen LogP) is 1.60. The Balaban J connectivity index is 2.71. The quantitative estimate of drug-likeness (QED) is 0.770. The van der Waals surface area contributed by atoms with Crippen molar-refractivity contribution >= 4 is 11.9 Å². The van der Waals surface area contributed by atoms with E-state index in [0.29, 0.717) is 6.07 Å². The topological polar surface area (TPSA) is 46.6 Å². The Morgan fingerprint density at radius 1 is 1.33 bits per heavy atom. The molecule has 6 heteroatoms. The molecule has 0 saturated carbocycles.